The standard InChI is InChI=1S/C13H13Cl2N3/c1-8-4-10(7-17-6-8)13(18-16)9-2-3-11(14)12(15)5-9/h2-7,13,18H,16H2,1H3. The molecule has 3 N–H and O–H groups in total. The number of aromatic nitrogens is 1. The lowest BCUT2D eigenvalue weighted by Crippen LogP contribution is -2.29. The van der Waals surface area contributed by atoms with Crippen LogP contribution in [0.25, 0.3) is 0 Å². The van der Waals surface area contributed by atoms with Crippen LogP contribution in [0.3, 0.4) is 0 Å². The molecule has 2 aromatic rings. The molecular weight excluding hydrogens is 269 g/mol. The fourth-order valence-electron chi connectivity index (χ4n) is 1.81. The topological polar surface area (TPSA) is 50.9 Å². The van der Waals surface area contributed by atoms with Crippen LogP contribution in [-0.4, -0.2) is 4.98 Å². The van der Waals surface area contributed by atoms with Crippen LogP contribution >= 0.6 is 23.2 Å². The van der Waals surface area contributed by atoms with Gasteiger partial charge in [0.25, 0.3) is 0 Å². The Morgan fingerprint density at radius 3 is 2.50 bits per heavy atom. The third kappa shape index (κ3) is 2.82. The second-order valence-electron chi connectivity index (χ2n) is 4.07. The first-order valence-corrected chi connectivity index (χ1v) is 6.20. The Labute approximate surface area is 116 Å². The summed E-state index contributed by atoms with van der Waals surface area (Å²) in [5.41, 5.74) is 5.77. The van der Waals surface area contributed by atoms with Gasteiger partial charge in [-0.05, 0) is 35.7 Å². The molecule has 1 aromatic carbocycles. The number of aryl methyl sites for hydroxylation is 1. The summed E-state index contributed by atoms with van der Waals surface area (Å²) in [5.74, 6) is 5.62. The molecule has 0 fully saturated rings. The lowest BCUT2D eigenvalue weighted by molar-refractivity contribution is 0.634. The molecule has 0 radical (unpaired) electrons. The zero-order chi connectivity index (χ0) is 13.1. The third-order valence-electron chi connectivity index (χ3n) is 2.67. The number of hydrogen-bond acceptors (Lipinski definition) is 3. The molecule has 1 aromatic heterocycles. The molecule has 1 atom stereocenters. The molecule has 0 aliphatic rings. The van der Waals surface area contributed by atoms with E-state index in [0.29, 0.717) is 10.0 Å². The Kier molecular flexibility index (Phi) is 4.19. The average molecular weight is 282 g/mol. The number of hydrazine groups is 1. The normalized spacial score (nSPS) is 12.4. The van der Waals surface area contributed by atoms with Crippen LogP contribution in [0, 0.1) is 6.92 Å². The number of hydrogen-bond donors (Lipinski definition) is 2. The van der Waals surface area contributed by atoms with Gasteiger partial charge >= 0.3 is 0 Å². The number of nitrogens with two attached hydrogens (primary N) is 1. The molecule has 5 heteroatoms. The first kappa shape index (κ1) is 13.3. The molecule has 1 unspecified atom stereocenters. The highest BCUT2D eigenvalue weighted by molar-refractivity contribution is 6.42. The monoisotopic (exact) mass is 281 g/mol. The maximum Gasteiger partial charge on any atom is 0.0725 e. The van der Waals surface area contributed by atoms with Crippen molar-refractivity contribution in [1.82, 2.24) is 10.4 Å². The van der Waals surface area contributed by atoms with Crippen LogP contribution in [0.2, 0.25) is 10.0 Å². The quantitative estimate of drug-likeness (QED) is 0.671. The van der Waals surface area contributed by atoms with E-state index in [1.807, 2.05) is 19.1 Å². The molecule has 0 bridgehead atoms. The van der Waals surface area contributed by atoms with E-state index in [9.17, 15) is 0 Å². The number of nitrogens with one attached hydrogen (secondary N) is 1. The van der Waals surface area contributed by atoms with E-state index in [0.717, 1.165) is 16.7 Å². The number of rotatable bonds is 3. The summed E-state index contributed by atoms with van der Waals surface area (Å²) in [5, 5.41) is 1.04. The summed E-state index contributed by atoms with van der Waals surface area (Å²) in [4.78, 5) is 4.16. The molecule has 0 aliphatic carbocycles. The van der Waals surface area contributed by atoms with Crippen molar-refractivity contribution in [2.24, 2.45) is 5.84 Å². The van der Waals surface area contributed by atoms with Crippen molar-refractivity contribution in [3.63, 3.8) is 0 Å². The van der Waals surface area contributed by atoms with Gasteiger partial charge in [-0.2, -0.15) is 0 Å². The van der Waals surface area contributed by atoms with Crippen molar-refractivity contribution in [2.75, 3.05) is 0 Å². The van der Waals surface area contributed by atoms with Crippen LogP contribution in [0.4, 0.5) is 0 Å². The average Bonchev–Trinajstić information content (AvgIpc) is 2.35. The van der Waals surface area contributed by atoms with Crippen molar-refractivity contribution in [1.29, 1.82) is 0 Å². The van der Waals surface area contributed by atoms with Crippen molar-refractivity contribution in [2.45, 2.75) is 13.0 Å². The number of benzene rings is 1. The van der Waals surface area contributed by atoms with Crippen molar-refractivity contribution >= 4 is 23.2 Å². The van der Waals surface area contributed by atoms with Crippen molar-refractivity contribution < 1.29 is 0 Å². The third-order valence-corrected chi connectivity index (χ3v) is 3.41. The van der Waals surface area contributed by atoms with Gasteiger partial charge in [-0.3, -0.25) is 10.8 Å². The Morgan fingerprint density at radius 1 is 1.11 bits per heavy atom. The minimum Gasteiger partial charge on any atom is -0.271 e. The summed E-state index contributed by atoms with van der Waals surface area (Å²) in [6.07, 6.45) is 3.58. The number of pyridine rings is 1. The highest BCUT2D eigenvalue weighted by atomic mass is 35.5. The Hall–Kier alpha value is -1.13. The second-order valence-corrected chi connectivity index (χ2v) is 4.88. The van der Waals surface area contributed by atoms with Gasteiger partial charge in [0.15, 0.2) is 0 Å². The fraction of sp³-hybridized carbons (Fsp3) is 0.154. The van der Waals surface area contributed by atoms with Gasteiger partial charge in [0.1, 0.15) is 0 Å². The molecule has 0 amide bonds. The van der Waals surface area contributed by atoms with Gasteiger partial charge in [-0.1, -0.05) is 35.3 Å². The summed E-state index contributed by atoms with van der Waals surface area (Å²) >= 11 is 11.9. The van der Waals surface area contributed by atoms with Crippen LogP contribution in [0.15, 0.2) is 36.7 Å². The lowest BCUT2D eigenvalue weighted by atomic mass is 10.00. The van der Waals surface area contributed by atoms with E-state index < -0.39 is 0 Å². The van der Waals surface area contributed by atoms with E-state index >= 15 is 0 Å². The van der Waals surface area contributed by atoms with Crippen molar-refractivity contribution in [3.05, 3.63) is 63.4 Å². The Morgan fingerprint density at radius 2 is 1.89 bits per heavy atom. The van der Waals surface area contributed by atoms with Gasteiger partial charge < -0.3 is 0 Å². The van der Waals surface area contributed by atoms with Crippen LogP contribution in [-0.2, 0) is 0 Å². The van der Waals surface area contributed by atoms with E-state index in [1.165, 1.54) is 0 Å². The Balaban J connectivity index is 2.42. The fourth-order valence-corrected chi connectivity index (χ4v) is 2.12. The molecule has 0 saturated carbocycles. The van der Waals surface area contributed by atoms with Gasteiger partial charge in [0, 0.05) is 12.4 Å². The van der Waals surface area contributed by atoms with Crippen LogP contribution in [0.5, 0.6) is 0 Å². The van der Waals surface area contributed by atoms with E-state index in [1.54, 1.807) is 24.5 Å². The largest absolute Gasteiger partial charge is 0.271 e. The SMILES string of the molecule is Cc1cncc(C(NN)c2ccc(Cl)c(Cl)c2)c1. The molecule has 0 saturated heterocycles. The highest BCUT2D eigenvalue weighted by Crippen LogP contribution is 2.28. The summed E-state index contributed by atoms with van der Waals surface area (Å²) in [7, 11) is 0. The minimum absolute atomic E-state index is 0.160. The zero-order valence-electron chi connectivity index (χ0n) is 9.82. The maximum atomic E-state index is 6.02. The zero-order valence-corrected chi connectivity index (χ0v) is 11.3. The molecular formula is C13H13Cl2N3. The lowest BCUT2D eigenvalue weighted by Gasteiger charge is -2.17. The first-order valence-electron chi connectivity index (χ1n) is 5.44. The maximum absolute atomic E-state index is 6.02. The second kappa shape index (κ2) is 5.67. The molecule has 0 spiro atoms. The van der Waals surface area contributed by atoms with Gasteiger partial charge in [0.2, 0.25) is 0 Å². The summed E-state index contributed by atoms with van der Waals surface area (Å²) < 4.78 is 0. The molecule has 2 rings (SSSR count). The predicted octanol–water partition coefficient (Wildman–Crippen LogP) is 3.25. The molecule has 0 aliphatic heterocycles. The Bertz CT molecular complexity index is 558. The van der Waals surface area contributed by atoms with Gasteiger partial charge in [-0.15, -0.1) is 0 Å². The van der Waals surface area contributed by atoms with Crippen LogP contribution in [0.1, 0.15) is 22.7 Å². The highest BCUT2D eigenvalue weighted by Gasteiger charge is 2.14. The number of nitrogens with zero attached hydrogens (tertiary/aromatic N) is 1. The predicted molar refractivity (Wildman–Crippen MR) is 74.6 cm³/mol. The molecule has 3 nitrogen and oxygen atoms in total. The van der Waals surface area contributed by atoms with Crippen LogP contribution < -0.4 is 11.3 Å². The minimum atomic E-state index is -0.160. The van der Waals surface area contributed by atoms with Gasteiger partial charge in [-0.25, -0.2) is 5.43 Å². The first-order chi connectivity index (χ1) is 8.61. The molecule has 94 valence electrons. The summed E-state index contributed by atoms with van der Waals surface area (Å²) in [6, 6.07) is 7.32. The summed E-state index contributed by atoms with van der Waals surface area (Å²) in [6.45, 7) is 1.99. The smallest absolute Gasteiger partial charge is 0.0725 e. The number of halogens is 2. The van der Waals surface area contributed by atoms with Crippen molar-refractivity contribution in [3.8, 4) is 0 Å². The van der Waals surface area contributed by atoms with E-state index in [-0.39, 0.29) is 6.04 Å². The van der Waals surface area contributed by atoms with E-state index in [4.69, 9.17) is 29.0 Å². The molecule has 1 heterocycles. The van der Waals surface area contributed by atoms with E-state index in [2.05, 4.69) is 10.4 Å². The van der Waals surface area contributed by atoms with Gasteiger partial charge in [0.05, 0.1) is 16.1 Å². The molecule has 18 heavy (non-hydrogen) atoms.